The van der Waals surface area contributed by atoms with Gasteiger partial charge in [-0.1, -0.05) is 38.7 Å². The van der Waals surface area contributed by atoms with Crippen molar-refractivity contribution in [2.75, 3.05) is 13.2 Å². The lowest BCUT2D eigenvalue weighted by atomic mass is 9.72. The summed E-state index contributed by atoms with van der Waals surface area (Å²) in [6.07, 6.45) is 18.2. The summed E-state index contributed by atoms with van der Waals surface area (Å²) in [4.78, 5) is 4.82. The van der Waals surface area contributed by atoms with E-state index in [1.165, 1.54) is 25.2 Å². The van der Waals surface area contributed by atoms with Crippen molar-refractivity contribution >= 4 is 6.21 Å². The smallest absolute Gasteiger partial charge is 0.184 e. The number of allylic oxidation sites excluding steroid dienone is 1. The van der Waals surface area contributed by atoms with E-state index in [1.54, 1.807) is 6.07 Å². The lowest BCUT2D eigenvalue weighted by Crippen LogP contribution is -2.32. The minimum absolute atomic E-state index is 0.0806. The van der Waals surface area contributed by atoms with Crippen LogP contribution in [0.15, 0.2) is 46.6 Å². The summed E-state index contributed by atoms with van der Waals surface area (Å²) in [5.74, 6) is 2.48. The number of rotatable bonds is 12. The van der Waals surface area contributed by atoms with Crippen LogP contribution in [0.2, 0.25) is 0 Å². The number of unbranched alkanes of at least 4 members (excludes halogenated alkanes) is 1. The van der Waals surface area contributed by atoms with Crippen molar-refractivity contribution in [1.82, 2.24) is 0 Å². The van der Waals surface area contributed by atoms with Crippen molar-refractivity contribution in [1.29, 1.82) is 0 Å². The molecule has 2 heterocycles. The van der Waals surface area contributed by atoms with Gasteiger partial charge in [0.1, 0.15) is 36.3 Å². The molecule has 1 fully saturated rings. The quantitative estimate of drug-likeness (QED) is 0.261. The fourth-order valence-electron chi connectivity index (χ4n) is 5.57. The summed E-state index contributed by atoms with van der Waals surface area (Å²) >= 11 is 0. The summed E-state index contributed by atoms with van der Waals surface area (Å²) < 4.78 is 11.2. The Morgan fingerprint density at radius 3 is 2.75 bits per heavy atom. The monoisotopic (exact) mass is 494 g/mol. The van der Waals surface area contributed by atoms with E-state index in [-0.39, 0.29) is 23.9 Å². The Labute approximate surface area is 217 Å². The van der Waals surface area contributed by atoms with Crippen molar-refractivity contribution in [3.8, 4) is 11.5 Å². The first-order valence-corrected chi connectivity index (χ1v) is 13.9. The first-order valence-electron chi connectivity index (χ1n) is 13.9. The third-order valence-electron chi connectivity index (χ3n) is 7.99. The third kappa shape index (κ3) is 6.30. The van der Waals surface area contributed by atoms with Crippen molar-refractivity contribution < 1.29 is 19.7 Å². The van der Waals surface area contributed by atoms with Crippen LogP contribution in [0, 0.1) is 23.4 Å². The number of aliphatic hydroxyl groups is 3. The van der Waals surface area contributed by atoms with Crippen LogP contribution >= 0.6 is 0 Å². The van der Waals surface area contributed by atoms with Gasteiger partial charge in [0.15, 0.2) is 17.2 Å². The van der Waals surface area contributed by atoms with E-state index in [4.69, 9.17) is 14.5 Å². The van der Waals surface area contributed by atoms with Gasteiger partial charge in [0.2, 0.25) is 0 Å². The summed E-state index contributed by atoms with van der Waals surface area (Å²) in [6.45, 7) is 7.21. The normalized spacial score (nSPS) is 21.3. The molecule has 196 valence electrons. The second-order valence-electron chi connectivity index (χ2n) is 11.0. The van der Waals surface area contributed by atoms with E-state index in [2.05, 4.69) is 32.9 Å². The molecule has 0 bridgehead atoms. The summed E-state index contributed by atoms with van der Waals surface area (Å²) in [5.41, 5.74) is 3.20. The van der Waals surface area contributed by atoms with E-state index in [0.717, 1.165) is 67.9 Å². The number of phenolic OH excluding ortho intramolecular Hbond substituents is 1. The van der Waals surface area contributed by atoms with Crippen molar-refractivity contribution in [3.63, 3.8) is 0 Å². The molecule has 1 aromatic carbocycles. The fraction of sp³-hybridized carbons (Fsp3) is 0.581. The molecule has 0 saturated heterocycles. The molecule has 0 aromatic heterocycles. The molecule has 3 N–H and O–H groups in total. The van der Waals surface area contributed by atoms with E-state index in [0.29, 0.717) is 18.3 Å². The van der Waals surface area contributed by atoms with Gasteiger partial charge < -0.3 is 19.7 Å². The van der Waals surface area contributed by atoms with Crippen molar-refractivity contribution in [2.24, 2.45) is 16.3 Å². The zero-order valence-electron chi connectivity index (χ0n) is 22.3. The molecule has 1 atom stereocenters. The first kappa shape index (κ1) is 26.7. The molecule has 5 nitrogen and oxygen atoms in total. The Kier molecular flexibility index (Phi) is 9.08. The van der Waals surface area contributed by atoms with E-state index >= 15 is 0 Å². The standard InChI is InChI=1S/C31H43NO4/c1-4-5-9-28-25(20-33)17-26(36-28)12-10-23-11-13-27(34)29(16-23)35-21-31(14-7-6-8-15-31)30-18-24(19-32-30)22(2)3/h11,13,16-19,22,28,33,36H,4-10,12,14-15,20-21H2,1-3H3/p+1. The van der Waals surface area contributed by atoms with Gasteiger partial charge in [-0.2, -0.15) is 0 Å². The highest BCUT2D eigenvalue weighted by Crippen LogP contribution is 2.46. The molecule has 3 aliphatic rings. The van der Waals surface area contributed by atoms with E-state index in [9.17, 15) is 10.2 Å². The van der Waals surface area contributed by atoms with Crippen LogP contribution in [0.1, 0.15) is 84.1 Å². The maximum Gasteiger partial charge on any atom is 0.184 e. The molecule has 1 saturated carbocycles. The van der Waals surface area contributed by atoms with Crippen molar-refractivity contribution in [2.45, 2.75) is 91.1 Å². The number of ether oxygens (including phenoxy) is 2. The Balaban J connectivity index is 1.39. The molecule has 0 radical (unpaired) electrons. The average Bonchev–Trinajstić information content (AvgIpc) is 3.55. The third-order valence-corrected chi connectivity index (χ3v) is 7.99. The molecule has 2 aliphatic heterocycles. The Morgan fingerprint density at radius 2 is 2.06 bits per heavy atom. The van der Waals surface area contributed by atoms with Gasteiger partial charge in [-0.25, -0.2) is 0 Å². The fourth-order valence-corrected chi connectivity index (χ4v) is 5.57. The van der Waals surface area contributed by atoms with Crippen LogP contribution in [0.4, 0.5) is 0 Å². The molecule has 1 unspecified atom stereocenters. The topological polar surface area (TPSA) is 74.9 Å². The number of aromatic hydroxyl groups is 1. The maximum atomic E-state index is 10.6. The van der Waals surface area contributed by atoms with Gasteiger partial charge in [0.05, 0.1) is 6.10 Å². The highest BCUT2D eigenvalue weighted by atomic mass is 16.5. The number of aryl methyl sites for hydroxylation is 1. The Bertz CT molecular complexity index is 957. The second-order valence-corrected chi connectivity index (χ2v) is 11.0. The van der Waals surface area contributed by atoms with Gasteiger partial charge in [0.25, 0.3) is 0 Å². The Morgan fingerprint density at radius 1 is 1.25 bits per heavy atom. The van der Waals surface area contributed by atoms with Crippen LogP contribution in [0.25, 0.3) is 0 Å². The zero-order chi connectivity index (χ0) is 25.5. The molecule has 1 aliphatic carbocycles. The molecule has 36 heavy (non-hydrogen) atoms. The minimum Gasteiger partial charge on any atom is -0.504 e. The van der Waals surface area contributed by atoms with Gasteiger partial charge in [-0.15, -0.1) is 16.6 Å². The summed E-state index contributed by atoms with van der Waals surface area (Å²) in [7, 11) is 0. The predicted octanol–water partition coefficient (Wildman–Crippen LogP) is 6.40. The number of benzene rings is 1. The molecule has 1 aromatic rings. The minimum atomic E-state index is -0.0919. The predicted molar refractivity (Wildman–Crippen MR) is 146 cm³/mol. The SMILES string of the molecule is CCCCC1[OH+][C-](CCc2ccc(O)c(OCC3(C4=C[C+](C(C)C)C=N4)CCCCC3)c2)C=C1CO. The first-order chi connectivity index (χ1) is 17.4. The van der Waals surface area contributed by atoms with Crippen molar-refractivity contribution in [3.05, 3.63) is 59.2 Å². The largest absolute Gasteiger partial charge is 0.504 e. The number of hydrogen-bond donors (Lipinski definition) is 2. The van der Waals surface area contributed by atoms with Gasteiger partial charge >= 0.3 is 0 Å². The van der Waals surface area contributed by atoms with Crippen LogP contribution in [0.5, 0.6) is 11.5 Å². The highest BCUT2D eigenvalue weighted by molar-refractivity contribution is 5.83. The molecular formula is C31H44NO4+. The van der Waals surface area contributed by atoms with Gasteiger partial charge in [-0.3, -0.25) is 0 Å². The van der Waals surface area contributed by atoms with Gasteiger partial charge in [-0.05, 0) is 63.6 Å². The number of nitrogens with zero attached hydrogens (tertiary/aromatic N) is 1. The molecule has 5 heteroatoms. The highest BCUT2D eigenvalue weighted by Gasteiger charge is 2.45. The summed E-state index contributed by atoms with van der Waals surface area (Å²) in [6, 6.07) is 5.68. The zero-order valence-corrected chi connectivity index (χ0v) is 22.3. The lowest BCUT2D eigenvalue weighted by molar-refractivity contribution is -0.0550. The van der Waals surface area contributed by atoms with Crippen LogP contribution in [-0.4, -0.2) is 40.5 Å². The van der Waals surface area contributed by atoms with E-state index < -0.39 is 0 Å². The van der Waals surface area contributed by atoms with Crippen LogP contribution < -0.4 is 4.74 Å². The van der Waals surface area contributed by atoms with Crippen LogP contribution in [-0.2, 0) is 6.42 Å². The average molecular weight is 495 g/mol. The molecule has 0 spiro atoms. The second kappa shape index (κ2) is 12.2. The number of aliphatic imine (C=N–C) groups is 1. The van der Waals surface area contributed by atoms with Gasteiger partial charge in [0, 0.05) is 18.9 Å². The number of hydrogen-bond acceptors (Lipinski definition) is 4. The van der Waals surface area contributed by atoms with E-state index in [1.807, 2.05) is 18.3 Å². The number of phenols is 1. The molecule has 0 amide bonds. The van der Waals surface area contributed by atoms with Crippen LogP contribution in [0.3, 0.4) is 0 Å². The summed E-state index contributed by atoms with van der Waals surface area (Å²) in [5, 5.41) is 20.3. The Hall–Kier alpha value is -2.37. The number of aliphatic hydroxyl groups excluding tert-OH is 1. The lowest BCUT2D eigenvalue weighted by Gasteiger charge is -2.32. The molecular weight excluding hydrogens is 450 g/mol. The maximum absolute atomic E-state index is 10.6. The molecule has 4 rings (SSSR count).